The van der Waals surface area contributed by atoms with E-state index >= 15 is 0 Å². The van der Waals surface area contributed by atoms with Crippen molar-refractivity contribution in [1.29, 1.82) is 0 Å². The van der Waals surface area contributed by atoms with Gasteiger partial charge in [0.25, 0.3) is 0 Å². The Bertz CT molecular complexity index is 1560. The van der Waals surface area contributed by atoms with Gasteiger partial charge < -0.3 is 4.98 Å². The lowest BCUT2D eigenvalue weighted by Crippen LogP contribution is -2.21. The summed E-state index contributed by atoms with van der Waals surface area (Å²) in [5.41, 5.74) is 5.76. The predicted molar refractivity (Wildman–Crippen MR) is 124 cm³/mol. The Morgan fingerprint density at radius 1 is 1.09 bits per heavy atom. The van der Waals surface area contributed by atoms with E-state index in [0.717, 1.165) is 49.6 Å². The first kappa shape index (κ1) is 19.6. The molecule has 0 aliphatic heterocycles. The van der Waals surface area contributed by atoms with Crippen molar-refractivity contribution in [1.82, 2.24) is 30.1 Å². The summed E-state index contributed by atoms with van der Waals surface area (Å²) in [5.74, 6) is -0.285. The molecule has 0 bridgehead atoms. The van der Waals surface area contributed by atoms with E-state index in [1.807, 2.05) is 31.2 Å². The Kier molecular flexibility index (Phi) is 4.91. The fraction of sp³-hybridized carbons (Fsp3) is 0.0400. The van der Waals surface area contributed by atoms with Crippen LogP contribution in [0.4, 0.5) is 4.39 Å². The largest absolute Gasteiger partial charge is 0.352 e. The van der Waals surface area contributed by atoms with Crippen LogP contribution in [0.25, 0.3) is 51.6 Å². The van der Waals surface area contributed by atoms with Gasteiger partial charge in [-0.05, 0) is 42.3 Å². The summed E-state index contributed by atoms with van der Waals surface area (Å²) in [6, 6.07) is 8.48. The molecule has 1 aromatic carbocycles. The molecule has 5 rings (SSSR count). The van der Waals surface area contributed by atoms with E-state index in [-0.39, 0.29) is 5.82 Å². The first-order valence-electron chi connectivity index (χ1n) is 10.0. The average Bonchev–Trinajstić information content (AvgIpc) is 3.41. The van der Waals surface area contributed by atoms with E-state index in [2.05, 4.69) is 36.7 Å². The molecule has 0 saturated heterocycles. The van der Waals surface area contributed by atoms with Crippen LogP contribution in [0.5, 0.6) is 0 Å². The van der Waals surface area contributed by atoms with E-state index < -0.39 is 0 Å². The lowest BCUT2D eigenvalue weighted by atomic mass is 10.0. The molecule has 0 unspecified atom stereocenters. The van der Waals surface area contributed by atoms with Crippen LogP contribution >= 0.6 is 0 Å². The fourth-order valence-electron chi connectivity index (χ4n) is 3.60. The minimum atomic E-state index is -0.285. The van der Waals surface area contributed by atoms with Gasteiger partial charge in [-0.15, -0.1) is 0 Å². The van der Waals surface area contributed by atoms with Gasteiger partial charge in [0.2, 0.25) is 0 Å². The molecule has 5 aromatic rings. The Morgan fingerprint density at radius 3 is 2.81 bits per heavy atom. The Balaban J connectivity index is 1.55. The number of hydrogen-bond acceptors (Lipinski definition) is 4. The molecule has 0 aliphatic rings. The molecule has 2 N–H and O–H groups in total. The molecule has 0 saturated carbocycles. The first-order chi connectivity index (χ1) is 15.6. The number of pyridine rings is 1. The van der Waals surface area contributed by atoms with Crippen molar-refractivity contribution >= 4 is 29.1 Å². The highest BCUT2D eigenvalue weighted by atomic mass is 19.1. The van der Waals surface area contributed by atoms with Gasteiger partial charge >= 0.3 is 0 Å². The minimum absolute atomic E-state index is 0.285. The van der Waals surface area contributed by atoms with Gasteiger partial charge in [-0.3, -0.25) is 20.1 Å². The molecule has 4 heterocycles. The van der Waals surface area contributed by atoms with Crippen LogP contribution in [-0.4, -0.2) is 30.1 Å². The highest BCUT2D eigenvalue weighted by Crippen LogP contribution is 2.30. The first-order valence-corrected chi connectivity index (χ1v) is 10.0. The van der Waals surface area contributed by atoms with E-state index in [9.17, 15) is 4.39 Å². The second-order valence-corrected chi connectivity index (χ2v) is 7.41. The maximum Gasteiger partial charge on any atom is 0.123 e. The number of benzene rings is 1. The Hall–Kier alpha value is -4.39. The summed E-state index contributed by atoms with van der Waals surface area (Å²) in [5, 5.41) is 10.0. The van der Waals surface area contributed by atoms with Crippen molar-refractivity contribution in [2.75, 3.05) is 0 Å². The van der Waals surface area contributed by atoms with Gasteiger partial charge in [0.15, 0.2) is 0 Å². The smallest absolute Gasteiger partial charge is 0.123 e. The zero-order valence-corrected chi connectivity index (χ0v) is 17.3. The standard InChI is InChI=1S/C25H19FN6/c1-15(23-13-27-8-9-29-23)6-7-21-16(2)25(32-31-21)22-11-19-20(12-28-14-24(19)30-22)17-4-3-5-18(26)10-17/h3-14,30-31H,2H2,1H3/b15-6+,21-7+. The second kappa shape index (κ2) is 8.03. The highest BCUT2D eigenvalue weighted by Gasteiger charge is 2.12. The monoisotopic (exact) mass is 422 g/mol. The molecule has 7 heteroatoms. The number of allylic oxidation sites excluding steroid dienone is 2. The van der Waals surface area contributed by atoms with E-state index in [0.29, 0.717) is 5.69 Å². The van der Waals surface area contributed by atoms with Crippen LogP contribution in [0.2, 0.25) is 0 Å². The third kappa shape index (κ3) is 3.60. The number of nitrogens with zero attached hydrogens (tertiary/aromatic N) is 4. The van der Waals surface area contributed by atoms with Crippen molar-refractivity contribution in [2.45, 2.75) is 6.92 Å². The number of H-pyrrole nitrogens is 2. The maximum atomic E-state index is 13.8. The molecule has 0 atom stereocenters. The minimum Gasteiger partial charge on any atom is -0.352 e. The zero-order chi connectivity index (χ0) is 22.1. The van der Waals surface area contributed by atoms with E-state index in [4.69, 9.17) is 0 Å². The maximum absolute atomic E-state index is 13.8. The topological polar surface area (TPSA) is 83.1 Å². The quantitative estimate of drug-likeness (QED) is 0.461. The predicted octanol–water partition coefficient (Wildman–Crippen LogP) is 3.84. The summed E-state index contributed by atoms with van der Waals surface area (Å²) >= 11 is 0. The van der Waals surface area contributed by atoms with Crippen molar-refractivity contribution < 1.29 is 4.39 Å². The molecule has 32 heavy (non-hydrogen) atoms. The van der Waals surface area contributed by atoms with Crippen LogP contribution < -0.4 is 10.6 Å². The Labute approximate surface area is 182 Å². The molecule has 0 fully saturated rings. The van der Waals surface area contributed by atoms with Crippen LogP contribution in [0.1, 0.15) is 12.6 Å². The summed E-state index contributed by atoms with van der Waals surface area (Å²) < 4.78 is 13.8. The summed E-state index contributed by atoms with van der Waals surface area (Å²) in [4.78, 5) is 16.1. The van der Waals surface area contributed by atoms with E-state index in [1.165, 1.54) is 12.1 Å². The van der Waals surface area contributed by atoms with Crippen LogP contribution in [0.15, 0.2) is 67.4 Å². The fourth-order valence-corrected chi connectivity index (χ4v) is 3.60. The van der Waals surface area contributed by atoms with Crippen molar-refractivity contribution in [3.63, 3.8) is 0 Å². The van der Waals surface area contributed by atoms with E-state index in [1.54, 1.807) is 37.1 Å². The Morgan fingerprint density at radius 2 is 2.00 bits per heavy atom. The molecule has 156 valence electrons. The van der Waals surface area contributed by atoms with Crippen molar-refractivity contribution in [2.24, 2.45) is 0 Å². The molecular weight excluding hydrogens is 403 g/mol. The van der Waals surface area contributed by atoms with Crippen molar-refractivity contribution in [3.05, 3.63) is 89.5 Å². The number of aromatic nitrogens is 6. The van der Waals surface area contributed by atoms with Gasteiger partial charge in [-0.2, -0.15) is 5.10 Å². The average molecular weight is 422 g/mol. The van der Waals surface area contributed by atoms with Crippen LogP contribution in [0.3, 0.4) is 0 Å². The molecule has 0 aliphatic carbocycles. The number of halogens is 1. The molecule has 4 aromatic heterocycles. The van der Waals surface area contributed by atoms with Gasteiger partial charge in [-0.25, -0.2) is 4.39 Å². The summed E-state index contributed by atoms with van der Waals surface area (Å²) in [6.07, 6.45) is 12.4. The van der Waals surface area contributed by atoms with Crippen LogP contribution in [-0.2, 0) is 0 Å². The molecule has 0 amide bonds. The summed E-state index contributed by atoms with van der Waals surface area (Å²) in [6.45, 7) is 6.17. The molecule has 0 spiro atoms. The molecular formula is C25H19FN6. The number of hydrogen-bond donors (Lipinski definition) is 2. The number of rotatable bonds is 4. The third-order valence-electron chi connectivity index (χ3n) is 5.30. The van der Waals surface area contributed by atoms with Gasteiger partial charge in [0.1, 0.15) is 11.5 Å². The van der Waals surface area contributed by atoms with Crippen molar-refractivity contribution in [3.8, 4) is 22.5 Å². The third-order valence-corrected chi connectivity index (χ3v) is 5.30. The van der Waals surface area contributed by atoms with Gasteiger partial charge in [0.05, 0.1) is 34.6 Å². The normalized spacial score (nSPS) is 12.6. The number of aromatic amines is 2. The highest BCUT2D eigenvalue weighted by molar-refractivity contribution is 5.97. The lowest BCUT2D eigenvalue weighted by molar-refractivity contribution is 0.628. The zero-order valence-electron chi connectivity index (χ0n) is 17.3. The second-order valence-electron chi connectivity index (χ2n) is 7.41. The SMILES string of the molecule is C=c1c(-c2cc3c(-c4cccc(F)c4)cncc3[nH]2)n[nH]/c1=C/C=C(\C)c1cnccn1. The molecule has 6 nitrogen and oxygen atoms in total. The van der Waals surface area contributed by atoms with Gasteiger partial charge in [-0.1, -0.05) is 24.8 Å². The van der Waals surface area contributed by atoms with Gasteiger partial charge in [0, 0.05) is 34.8 Å². The number of fused-ring (bicyclic) bond motifs is 1. The lowest BCUT2D eigenvalue weighted by Gasteiger charge is -2.02. The van der Waals surface area contributed by atoms with Crippen LogP contribution in [0, 0.1) is 5.82 Å². The summed E-state index contributed by atoms with van der Waals surface area (Å²) in [7, 11) is 0. The molecule has 0 radical (unpaired) electrons. The number of nitrogens with one attached hydrogen (secondary N) is 2.